The van der Waals surface area contributed by atoms with Gasteiger partial charge >= 0.3 is 0 Å². The monoisotopic (exact) mass is 1430 g/mol. The van der Waals surface area contributed by atoms with E-state index in [9.17, 15) is 0 Å². The number of hydrogen-bond donors (Lipinski definition) is 0. The van der Waals surface area contributed by atoms with Gasteiger partial charge < -0.3 is 19.6 Å². The maximum Gasteiger partial charge on any atom is 0.0463 e. The molecule has 0 saturated heterocycles. The summed E-state index contributed by atoms with van der Waals surface area (Å²) in [5.74, 6) is 0. The summed E-state index contributed by atoms with van der Waals surface area (Å²) in [5, 5.41) is 0. The first-order valence-electron chi connectivity index (χ1n) is 38.3. The summed E-state index contributed by atoms with van der Waals surface area (Å²) in [6, 6.07) is 171. The van der Waals surface area contributed by atoms with E-state index < -0.39 is 0 Å². The molecule has 112 heavy (non-hydrogen) atoms. The molecule has 0 aliphatic carbocycles. The summed E-state index contributed by atoms with van der Waals surface area (Å²) >= 11 is 0. The van der Waals surface area contributed by atoms with Gasteiger partial charge in [0.25, 0.3) is 0 Å². The normalized spacial score (nSPS) is 11.0. The van der Waals surface area contributed by atoms with Crippen LogP contribution in [-0.4, -0.2) is 0 Å². The van der Waals surface area contributed by atoms with Gasteiger partial charge in [0.05, 0.1) is 0 Å². The summed E-state index contributed by atoms with van der Waals surface area (Å²) in [6.45, 7) is 0. The van der Waals surface area contributed by atoms with Crippen LogP contribution in [0.2, 0.25) is 0 Å². The quantitative estimate of drug-likeness (QED) is 0.0711. The number of benzene rings is 18. The fourth-order valence-electron chi connectivity index (χ4n) is 15.2. The smallest absolute Gasteiger partial charge is 0.0463 e. The van der Waals surface area contributed by atoms with Gasteiger partial charge in [-0.05, 0) is 246 Å². The lowest BCUT2D eigenvalue weighted by molar-refractivity contribution is 1.26. The molecule has 4 nitrogen and oxygen atoms in total. The molecule has 0 amide bonds. The number of rotatable bonds is 21. The van der Waals surface area contributed by atoms with Crippen molar-refractivity contribution in [3.8, 4) is 100 Å². The van der Waals surface area contributed by atoms with Crippen LogP contribution in [-0.2, 0) is 0 Å². The van der Waals surface area contributed by atoms with Crippen LogP contribution in [0.15, 0.2) is 473 Å². The Morgan fingerprint density at radius 3 is 0.241 bits per heavy atom. The summed E-state index contributed by atoms with van der Waals surface area (Å²) in [4.78, 5) is 9.41. The molecule has 0 radical (unpaired) electrons. The van der Waals surface area contributed by atoms with Crippen molar-refractivity contribution in [3.63, 3.8) is 0 Å². The van der Waals surface area contributed by atoms with Crippen molar-refractivity contribution in [1.29, 1.82) is 0 Å². The summed E-state index contributed by atoms with van der Waals surface area (Å²) in [7, 11) is 0. The molecule has 18 aromatic carbocycles. The Bertz CT molecular complexity index is 5910. The Labute approximate surface area is 656 Å². The predicted molar refractivity (Wildman–Crippen MR) is 474 cm³/mol. The molecule has 18 aromatic rings. The molecule has 4 heteroatoms. The van der Waals surface area contributed by atoms with Crippen LogP contribution in [0.1, 0.15) is 0 Å². The third kappa shape index (κ3) is 15.0. The maximum absolute atomic E-state index is 2.36. The Morgan fingerprint density at radius 1 is 0.0714 bits per heavy atom. The lowest BCUT2D eigenvalue weighted by Crippen LogP contribution is -2.12. The van der Waals surface area contributed by atoms with E-state index in [4.69, 9.17) is 0 Å². The second-order valence-electron chi connectivity index (χ2n) is 28.1. The van der Waals surface area contributed by atoms with E-state index in [0.717, 1.165) is 96.1 Å². The van der Waals surface area contributed by atoms with E-state index >= 15 is 0 Å². The van der Waals surface area contributed by atoms with E-state index in [1.165, 1.54) is 72.3 Å². The van der Waals surface area contributed by atoms with Crippen molar-refractivity contribution in [2.75, 3.05) is 19.6 Å². The Morgan fingerprint density at radius 2 is 0.143 bits per heavy atom. The van der Waals surface area contributed by atoms with E-state index in [1.807, 2.05) is 0 Å². The molecular weight excluding hydrogens is 1350 g/mol. The Balaban J connectivity index is 0.639. The zero-order valence-corrected chi connectivity index (χ0v) is 61.8. The highest BCUT2D eigenvalue weighted by atomic mass is 15.2. The molecule has 0 bridgehead atoms. The molecular formula is C108H78N4. The van der Waals surface area contributed by atoms with E-state index in [0.29, 0.717) is 0 Å². The van der Waals surface area contributed by atoms with Gasteiger partial charge in [-0.15, -0.1) is 0 Å². The van der Waals surface area contributed by atoms with Crippen LogP contribution in [0, 0.1) is 0 Å². The molecule has 0 fully saturated rings. The van der Waals surface area contributed by atoms with Gasteiger partial charge in [0, 0.05) is 68.2 Å². The molecule has 0 unspecified atom stereocenters. The molecule has 0 saturated carbocycles. The summed E-state index contributed by atoms with van der Waals surface area (Å²) in [6.07, 6.45) is 0. The Kier molecular flexibility index (Phi) is 19.6. The van der Waals surface area contributed by atoms with Crippen molar-refractivity contribution >= 4 is 68.2 Å². The molecule has 530 valence electrons. The van der Waals surface area contributed by atoms with Gasteiger partial charge in [-0.2, -0.15) is 0 Å². The van der Waals surface area contributed by atoms with Crippen LogP contribution < -0.4 is 19.6 Å². The van der Waals surface area contributed by atoms with Crippen LogP contribution in [0.4, 0.5) is 68.2 Å². The van der Waals surface area contributed by atoms with Crippen molar-refractivity contribution in [2.45, 2.75) is 0 Å². The predicted octanol–water partition coefficient (Wildman–Crippen LogP) is 30.6. The average Bonchev–Trinajstić information content (AvgIpc) is 0.788. The summed E-state index contributed by atoms with van der Waals surface area (Å²) < 4.78 is 0. The minimum atomic E-state index is 1.04. The largest absolute Gasteiger partial charge is 0.311 e. The highest BCUT2D eigenvalue weighted by Crippen LogP contribution is 2.45. The van der Waals surface area contributed by atoms with Gasteiger partial charge in [-0.3, -0.25) is 0 Å². The first-order chi connectivity index (χ1) is 55.5. The van der Waals surface area contributed by atoms with Crippen molar-refractivity contribution < 1.29 is 0 Å². The fourth-order valence-corrected chi connectivity index (χ4v) is 15.2. The lowest BCUT2D eigenvalue weighted by atomic mass is 9.99. The highest BCUT2D eigenvalue weighted by Gasteiger charge is 2.21. The van der Waals surface area contributed by atoms with Gasteiger partial charge in [0.2, 0.25) is 0 Å². The molecule has 0 heterocycles. The molecule has 18 rings (SSSR count). The van der Waals surface area contributed by atoms with Gasteiger partial charge in [-0.1, -0.05) is 328 Å². The first-order valence-corrected chi connectivity index (χ1v) is 38.3. The van der Waals surface area contributed by atoms with Crippen LogP contribution in [0.3, 0.4) is 0 Å². The van der Waals surface area contributed by atoms with E-state index in [2.05, 4.69) is 493 Å². The highest BCUT2D eigenvalue weighted by molar-refractivity contribution is 5.88. The number of anilines is 12. The number of nitrogens with zero attached hydrogens (tertiary/aromatic N) is 4. The van der Waals surface area contributed by atoms with Crippen molar-refractivity contribution in [1.82, 2.24) is 0 Å². The zero-order valence-electron chi connectivity index (χ0n) is 61.8. The molecule has 0 N–H and O–H groups in total. The lowest BCUT2D eigenvalue weighted by Gasteiger charge is -2.29. The van der Waals surface area contributed by atoms with Gasteiger partial charge in [0.1, 0.15) is 0 Å². The molecule has 0 aliphatic heterocycles. The third-order valence-electron chi connectivity index (χ3n) is 21.1. The standard InChI is InChI=1S/C108H78N4/c1-7-19-79(20-8-1)85-31-33-86(34-32-85)94-49-65-103(66-50-94)112(108-77-73-106(74-78-108)110(99-59-43-91(44-60-99)82-25-13-4-14-26-82)100-61-45-92(46-62-100)83-27-15-5-16-28-83)104-69-53-96(54-70-104)88-37-35-87(36-38-88)95-51-67-102(68-52-95)111(101-63-47-93(48-64-101)84-29-17-6-18-30-84)107-75-71-105(72-76-107)109(97-55-39-89(40-56-97)80-21-9-2-10-22-80)98-57-41-90(42-58-98)81-23-11-3-12-24-81/h1-78H. The second-order valence-corrected chi connectivity index (χ2v) is 28.1. The summed E-state index contributed by atoms with van der Waals surface area (Å²) in [5.41, 5.74) is 33.8. The molecule has 0 spiro atoms. The topological polar surface area (TPSA) is 13.0 Å². The third-order valence-corrected chi connectivity index (χ3v) is 21.1. The minimum absolute atomic E-state index is 1.04. The minimum Gasteiger partial charge on any atom is -0.311 e. The zero-order chi connectivity index (χ0) is 74.8. The maximum atomic E-state index is 2.36. The van der Waals surface area contributed by atoms with E-state index in [-0.39, 0.29) is 0 Å². The van der Waals surface area contributed by atoms with E-state index in [1.54, 1.807) is 0 Å². The fraction of sp³-hybridized carbons (Fsp3) is 0. The Hall–Kier alpha value is -14.8. The van der Waals surface area contributed by atoms with Crippen LogP contribution in [0.5, 0.6) is 0 Å². The molecule has 0 aliphatic rings. The average molecular weight is 1430 g/mol. The van der Waals surface area contributed by atoms with Crippen molar-refractivity contribution in [2.24, 2.45) is 0 Å². The van der Waals surface area contributed by atoms with Crippen LogP contribution in [0.25, 0.3) is 100 Å². The number of hydrogen-bond acceptors (Lipinski definition) is 4. The molecule has 0 atom stereocenters. The SMILES string of the molecule is c1ccc(-c2ccc(-c3ccc(N(c4ccc(-c5ccc(-c6ccc(N(c7ccc(-c8ccccc8)cc7)c7ccc(N(c8ccc(-c9ccccc9)cc8)c8ccc(-c9ccccc9)cc8)cc7)cc6)cc5)cc4)c4ccc(N(c5ccc(-c6ccccc6)cc5)c5ccc(-c6ccccc6)cc5)cc4)cc3)cc2)cc1. The van der Waals surface area contributed by atoms with Crippen LogP contribution >= 0.6 is 0 Å². The molecule has 0 aromatic heterocycles. The van der Waals surface area contributed by atoms with Gasteiger partial charge in [0.15, 0.2) is 0 Å². The van der Waals surface area contributed by atoms with Gasteiger partial charge in [-0.25, -0.2) is 0 Å². The first kappa shape index (κ1) is 68.9. The second kappa shape index (κ2) is 31.9. The van der Waals surface area contributed by atoms with Crippen molar-refractivity contribution in [3.05, 3.63) is 473 Å².